The monoisotopic (exact) mass is 322 g/mol. The highest BCUT2D eigenvalue weighted by Crippen LogP contribution is 2.62. The highest BCUT2D eigenvalue weighted by atomic mass is 19.1. The fourth-order valence-electron chi connectivity index (χ4n) is 3.25. The predicted octanol–water partition coefficient (Wildman–Crippen LogP) is 2.64. The number of amidine groups is 1. The van der Waals surface area contributed by atoms with Crippen molar-refractivity contribution < 1.29 is 18.3 Å². The summed E-state index contributed by atoms with van der Waals surface area (Å²) in [6.45, 7) is 3.46. The van der Waals surface area contributed by atoms with Crippen LogP contribution >= 0.6 is 0 Å². The molecule has 0 radical (unpaired) electrons. The molecule has 124 valence electrons. The van der Waals surface area contributed by atoms with Crippen molar-refractivity contribution in [3.63, 3.8) is 0 Å². The number of ketones is 1. The highest BCUT2D eigenvalue weighted by molar-refractivity contribution is 5.84. The number of hydrogen-bond acceptors (Lipinski definition) is 4. The number of carbonyl (C=O) groups excluding carboxylic acids is 1. The van der Waals surface area contributed by atoms with Crippen molar-refractivity contribution >= 4 is 11.8 Å². The predicted molar refractivity (Wildman–Crippen MR) is 82.3 cm³/mol. The number of alkyl halides is 1. The molecule has 3 rings (SSSR count). The van der Waals surface area contributed by atoms with E-state index in [-0.39, 0.29) is 17.9 Å². The largest absolute Gasteiger partial charge is 0.465 e. The maximum atomic E-state index is 14.5. The average molecular weight is 322 g/mol. The first-order chi connectivity index (χ1) is 10.8. The molecule has 0 amide bonds. The zero-order chi connectivity index (χ0) is 16.8. The van der Waals surface area contributed by atoms with Gasteiger partial charge in [0, 0.05) is 17.4 Å². The van der Waals surface area contributed by atoms with Crippen molar-refractivity contribution in [2.75, 3.05) is 6.61 Å². The summed E-state index contributed by atoms with van der Waals surface area (Å²) in [6.07, 6.45) is 0.156. The first kappa shape index (κ1) is 15.9. The summed E-state index contributed by atoms with van der Waals surface area (Å²) in [5, 5.41) is 0. The van der Waals surface area contributed by atoms with Gasteiger partial charge in [-0.3, -0.25) is 4.79 Å². The normalized spacial score (nSPS) is 26.3. The van der Waals surface area contributed by atoms with Crippen molar-refractivity contribution in [3.05, 3.63) is 35.1 Å². The summed E-state index contributed by atoms with van der Waals surface area (Å²) < 4.78 is 32.9. The van der Waals surface area contributed by atoms with Gasteiger partial charge in [0.25, 0.3) is 6.02 Å². The summed E-state index contributed by atoms with van der Waals surface area (Å²) >= 11 is 0. The summed E-state index contributed by atoms with van der Waals surface area (Å²) in [6, 6.07) is 4.47. The van der Waals surface area contributed by atoms with Gasteiger partial charge < -0.3 is 10.5 Å². The number of carbonyl (C=O) groups is 1. The molecule has 1 unspecified atom stereocenters. The molecular formula is C17H20F2N2O2. The van der Waals surface area contributed by atoms with Crippen LogP contribution in [0.3, 0.4) is 0 Å². The summed E-state index contributed by atoms with van der Waals surface area (Å²) in [5.74, 6) is -0.925. The van der Waals surface area contributed by atoms with E-state index in [9.17, 15) is 13.6 Å². The smallest absolute Gasteiger partial charge is 0.282 e. The lowest BCUT2D eigenvalue weighted by Crippen LogP contribution is -2.43. The van der Waals surface area contributed by atoms with E-state index < -0.39 is 23.3 Å². The third-order valence-corrected chi connectivity index (χ3v) is 5.09. The fraction of sp³-hybridized carbons (Fsp3) is 0.529. The number of rotatable bonds is 4. The zero-order valence-corrected chi connectivity index (χ0v) is 13.2. The number of nitrogens with two attached hydrogens (primary N) is 1. The van der Waals surface area contributed by atoms with Crippen LogP contribution in [0.15, 0.2) is 23.2 Å². The second-order valence-electron chi connectivity index (χ2n) is 6.66. The summed E-state index contributed by atoms with van der Waals surface area (Å²) in [5.41, 5.74) is 5.58. The Kier molecular flexibility index (Phi) is 3.65. The molecule has 1 aromatic rings. The van der Waals surface area contributed by atoms with Gasteiger partial charge >= 0.3 is 0 Å². The Labute approximate surface area is 133 Å². The third kappa shape index (κ3) is 2.60. The van der Waals surface area contributed by atoms with Gasteiger partial charge in [-0.05, 0) is 44.4 Å². The van der Waals surface area contributed by atoms with Gasteiger partial charge in [-0.25, -0.2) is 13.8 Å². The average Bonchev–Trinajstić information content (AvgIpc) is 3.27. The third-order valence-electron chi connectivity index (χ3n) is 5.09. The Morgan fingerprint density at radius 2 is 2.17 bits per heavy atom. The lowest BCUT2D eigenvalue weighted by Gasteiger charge is -2.38. The van der Waals surface area contributed by atoms with Gasteiger partial charge in [0.2, 0.25) is 0 Å². The molecule has 1 aromatic carbocycles. The molecule has 2 aliphatic rings. The minimum Gasteiger partial charge on any atom is -0.465 e. The lowest BCUT2D eigenvalue weighted by molar-refractivity contribution is -0.122. The Hall–Kier alpha value is -1.98. The first-order valence-electron chi connectivity index (χ1n) is 7.71. The molecule has 23 heavy (non-hydrogen) atoms. The molecule has 0 bridgehead atoms. The van der Waals surface area contributed by atoms with E-state index in [0.29, 0.717) is 17.7 Å². The first-order valence-corrected chi connectivity index (χ1v) is 7.71. The van der Waals surface area contributed by atoms with E-state index in [1.165, 1.54) is 19.1 Å². The Morgan fingerprint density at radius 3 is 2.78 bits per heavy atom. The van der Waals surface area contributed by atoms with Crippen molar-refractivity contribution in [1.29, 1.82) is 0 Å². The van der Waals surface area contributed by atoms with Crippen molar-refractivity contribution in [3.8, 4) is 0 Å². The van der Waals surface area contributed by atoms with Crippen LogP contribution in [0, 0.1) is 11.2 Å². The molecular weight excluding hydrogens is 302 g/mol. The van der Waals surface area contributed by atoms with E-state index in [4.69, 9.17) is 10.5 Å². The van der Waals surface area contributed by atoms with Crippen LogP contribution in [0.2, 0.25) is 0 Å². The standard InChI is InChI=1S/C17H20F2N2O2/c1-10(18)14(22)8-11-3-4-13(19)12(7-11)16(2)17(5-6-17)9-23-15(20)21-16/h3-4,7,10H,5-6,8-9H2,1-2H3,(H2,20,21)/t10?,16-/m1/s1. The van der Waals surface area contributed by atoms with Gasteiger partial charge in [-0.2, -0.15) is 0 Å². The molecule has 1 saturated carbocycles. The van der Waals surface area contributed by atoms with Crippen LogP contribution in [0.1, 0.15) is 37.8 Å². The van der Waals surface area contributed by atoms with Gasteiger partial charge in [-0.15, -0.1) is 0 Å². The Bertz CT molecular complexity index is 683. The number of Topliss-reactive ketones (excluding diaryl/α,β-unsaturated/α-hetero) is 1. The molecule has 1 fully saturated rings. The zero-order valence-electron chi connectivity index (χ0n) is 13.2. The Morgan fingerprint density at radius 1 is 1.48 bits per heavy atom. The molecule has 1 aliphatic heterocycles. The van der Waals surface area contributed by atoms with Crippen LogP contribution in [0.25, 0.3) is 0 Å². The number of halogens is 2. The van der Waals surface area contributed by atoms with E-state index >= 15 is 0 Å². The second kappa shape index (κ2) is 5.28. The van der Waals surface area contributed by atoms with Crippen molar-refractivity contribution in [2.45, 2.75) is 44.8 Å². The molecule has 6 heteroatoms. The van der Waals surface area contributed by atoms with Crippen LogP contribution < -0.4 is 5.73 Å². The number of ether oxygens (including phenoxy) is 1. The molecule has 2 N–H and O–H groups in total. The maximum Gasteiger partial charge on any atom is 0.282 e. The van der Waals surface area contributed by atoms with Gasteiger partial charge in [0.1, 0.15) is 5.82 Å². The maximum absolute atomic E-state index is 14.5. The number of aliphatic imine (C=N–C) groups is 1. The summed E-state index contributed by atoms with van der Waals surface area (Å²) in [7, 11) is 0. The van der Waals surface area contributed by atoms with E-state index in [2.05, 4.69) is 4.99 Å². The minimum absolute atomic E-state index is 0.0447. The molecule has 4 nitrogen and oxygen atoms in total. The van der Waals surface area contributed by atoms with Crippen molar-refractivity contribution in [2.24, 2.45) is 16.1 Å². The van der Waals surface area contributed by atoms with Crippen LogP contribution in [0.5, 0.6) is 0 Å². The van der Waals surface area contributed by atoms with E-state index in [1.807, 2.05) is 6.92 Å². The molecule has 0 saturated heterocycles. The molecule has 1 aliphatic carbocycles. The molecule has 2 atom stereocenters. The topological polar surface area (TPSA) is 64.7 Å². The number of nitrogens with zero attached hydrogens (tertiary/aromatic N) is 1. The summed E-state index contributed by atoms with van der Waals surface area (Å²) in [4.78, 5) is 16.0. The SMILES string of the molecule is CC(F)C(=O)Cc1ccc(F)c([C@@]2(C)N=C(N)OCC23CC3)c1. The van der Waals surface area contributed by atoms with Gasteiger partial charge in [0.15, 0.2) is 12.0 Å². The van der Waals surface area contributed by atoms with Gasteiger partial charge in [-0.1, -0.05) is 6.07 Å². The fourth-order valence-corrected chi connectivity index (χ4v) is 3.25. The number of benzene rings is 1. The van der Waals surface area contributed by atoms with Crippen molar-refractivity contribution in [1.82, 2.24) is 0 Å². The van der Waals surface area contributed by atoms with E-state index in [1.54, 1.807) is 6.07 Å². The Balaban J connectivity index is 2.02. The lowest BCUT2D eigenvalue weighted by atomic mass is 9.76. The molecule has 1 spiro atoms. The van der Waals surface area contributed by atoms with Crippen LogP contribution in [0.4, 0.5) is 8.78 Å². The second-order valence-corrected chi connectivity index (χ2v) is 6.66. The number of hydrogen-bond donors (Lipinski definition) is 1. The minimum atomic E-state index is -1.54. The van der Waals surface area contributed by atoms with Gasteiger partial charge in [0.05, 0.1) is 12.1 Å². The molecule has 0 aromatic heterocycles. The highest BCUT2D eigenvalue weighted by Gasteiger charge is 2.61. The van der Waals surface area contributed by atoms with Crippen LogP contribution in [-0.2, 0) is 21.5 Å². The van der Waals surface area contributed by atoms with E-state index in [0.717, 1.165) is 12.8 Å². The quantitative estimate of drug-likeness (QED) is 0.927. The van der Waals surface area contributed by atoms with Crippen LogP contribution in [-0.4, -0.2) is 24.6 Å². The molecule has 1 heterocycles.